The maximum absolute atomic E-state index is 5.64. The van der Waals surface area contributed by atoms with Crippen LogP contribution in [-0.4, -0.2) is 26.1 Å². The van der Waals surface area contributed by atoms with Crippen molar-refractivity contribution in [3.8, 4) is 22.5 Å². The van der Waals surface area contributed by atoms with Crippen LogP contribution in [0.25, 0.3) is 22.5 Å². The molecule has 2 heterocycles. The van der Waals surface area contributed by atoms with Crippen LogP contribution in [0.4, 0.5) is 17.3 Å². The van der Waals surface area contributed by atoms with Crippen molar-refractivity contribution < 1.29 is 0 Å². The highest BCUT2D eigenvalue weighted by molar-refractivity contribution is 7.20. The fraction of sp³-hybridized carbons (Fsp3) is 0.0154. The minimum Gasteiger partial charge on any atom is -0.279 e. The Balaban J connectivity index is 1.12. The van der Waals surface area contributed by atoms with E-state index in [-0.39, 0.29) is 0 Å². The van der Waals surface area contributed by atoms with Gasteiger partial charge in [0.05, 0.1) is 22.8 Å². The summed E-state index contributed by atoms with van der Waals surface area (Å²) < 4.78 is 0. The van der Waals surface area contributed by atoms with E-state index < -0.39 is 16.1 Å². The van der Waals surface area contributed by atoms with Crippen molar-refractivity contribution in [1.29, 1.82) is 0 Å². The molecule has 0 saturated carbocycles. The van der Waals surface area contributed by atoms with Crippen LogP contribution in [0.1, 0.15) is 11.1 Å². The van der Waals surface area contributed by atoms with E-state index >= 15 is 0 Å². The summed E-state index contributed by atoms with van der Waals surface area (Å²) in [5, 5.41) is 10.5. The summed E-state index contributed by atoms with van der Waals surface area (Å²) in [5.41, 5.74) is 8.49. The lowest BCUT2D eigenvalue weighted by Crippen LogP contribution is -2.74. The second-order valence-corrected chi connectivity index (χ2v) is 25.7. The highest BCUT2D eigenvalue weighted by atomic mass is 28.3. The van der Waals surface area contributed by atoms with Gasteiger partial charge in [0, 0.05) is 17.5 Å². The molecule has 1 aliphatic rings. The van der Waals surface area contributed by atoms with Crippen molar-refractivity contribution >= 4 is 75.0 Å². The molecule has 0 fully saturated rings. The third-order valence-electron chi connectivity index (χ3n) is 14.2. The minimum atomic E-state index is -2.86. The predicted octanol–water partition coefficient (Wildman–Crippen LogP) is 9.94. The summed E-state index contributed by atoms with van der Waals surface area (Å²) in [6.07, 6.45) is 0.843. The van der Waals surface area contributed by atoms with E-state index in [4.69, 9.17) is 9.97 Å². The van der Waals surface area contributed by atoms with Gasteiger partial charge in [0.1, 0.15) is 0 Å². The number of rotatable bonds is 11. The van der Waals surface area contributed by atoms with Crippen molar-refractivity contribution in [3.63, 3.8) is 0 Å². The number of aromatic nitrogens is 2. The van der Waals surface area contributed by atoms with E-state index in [1.165, 1.54) is 52.6 Å². The van der Waals surface area contributed by atoms with Gasteiger partial charge in [-0.25, -0.2) is 9.97 Å². The number of hydrogen-bond donors (Lipinski definition) is 0. The second-order valence-electron chi connectivity index (χ2n) is 18.1. The molecule has 11 aromatic rings. The highest BCUT2D eigenvalue weighted by Gasteiger charge is 2.43. The van der Waals surface area contributed by atoms with Crippen molar-refractivity contribution in [2.24, 2.45) is 0 Å². The maximum atomic E-state index is 5.64. The van der Waals surface area contributed by atoms with Crippen LogP contribution >= 0.6 is 0 Å². The third kappa shape index (κ3) is 7.44. The van der Waals surface area contributed by atoms with Crippen molar-refractivity contribution in [1.82, 2.24) is 9.97 Å². The minimum absolute atomic E-state index is 0.637. The Labute approximate surface area is 412 Å². The van der Waals surface area contributed by atoms with Gasteiger partial charge in [0.15, 0.2) is 16.1 Å². The van der Waals surface area contributed by atoms with Gasteiger partial charge in [-0.2, -0.15) is 0 Å². The zero-order chi connectivity index (χ0) is 46.7. The molecule has 1 aromatic heterocycles. The molecule has 332 valence electrons. The molecule has 0 radical (unpaired) electrons. The summed E-state index contributed by atoms with van der Waals surface area (Å²) in [6.45, 7) is 0. The van der Waals surface area contributed by atoms with Gasteiger partial charge in [-0.1, -0.05) is 267 Å². The molecule has 0 spiro atoms. The van der Waals surface area contributed by atoms with Gasteiger partial charge in [-0.3, -0.25) is 4.90 Å². The van der Waals surface area contributed by atoms with Crippen LogP contribution in [0.15, 0.2) is 285 Å². The van der Waals surface area contributed by atoms with E-state index in [9.17, 15) is 0 Å². The first-order chi connectivity index (χ1) is 34.7. The zero-order valence-electron chi connectivity index (χ0n) is 38.7. The van der Waals surface area contributed by atoms with Crippen molar-refractivity contribution in [2.75, 3.05) is 4.90 Å². The SMILES string of the molecule is c1ccc([Si](c2ccccc2)(c2ccccc2)c2cccc(-c3cc(-c4cccc([Si](c5ccccc5)(c5ccccc5)c5ccccc5)c4)nc(N4c5ccccc5Cc5ccccc54)n3)c2)cc1. The fourth-order valence-corrected chi connectivity index (χ4v) is 20.7. The molecular weight excluding hydrogens is 879 g/mol. The molecule has 0 aliphatic carbocycles. The van der Waals surface area contributed by atoms with Crippen LogP contribution in [0, 0.1) is 0 Å². The molecule has 0 bridgehead atoms. The number of nitrogens with zero attached hydrogens (tertiary/aromatic N) is 3. The number of hydrogen-bond acceptors (Lipinski definition) is 3. The van der Waals surface area contributed by atoms with Crippen LogP contribution < -0.4 is 46.4 Å². The molecule has 70 heavy (non-hydrogen) atoms. The van der Waals surface area contributed by atoms with E-state index in [0.717, 1.165) is 40.3 Å². The number of anilines is 3. The first-order valence-corrected chi connectivity index (χ1v) is 28.1. The Morgan fingerprint density at radius 2 is 0.557 bits per heavy atom. The van der Waals surface area contributed by atoms with E-state index in [0.29, 0.717) is 5.95 Å². The van der Waals surface area contributed by atoms with Crippen molar-refractivity contribution in [3.05, 3.63) is 296 Å². The highest BCUT2D eigenvalue weighted by Crippen LogP contribution is 2.43. The lowest BCUT2D eigenvalue weighted by molar-refractivity contribution is 1.02. The van der Waals surface area contributed by atoms with Crippen molar-refractivity contribution in [2.45, 2.75) is 6.42 Å². The average molecular weight is 928 g/mol. The molecule has 0 atom stereocenters. The summed E-state index contributed by atoms with van der Waals surface area (Å²) in [7, 11) is -5.71. The monoisotopic (exact) mass is 927 g/mol. The summed E-state index contributed by atoms with van der Waals surface area (Å²) >= 11 is 0. The molecule has 12 rings (SSSR count). The van der Waals surface area contributed by atoms with Gasteiger partial charge in [0.25, 0.3) is 0 Å². The van der Waals surface area contributed by atoms with Gasteiger partial charge in [-0.15, -0.1) is 0 Å². The lowest BCUT2D eigenvalue weighted by atomic mass is 9.96. The Kier molecular flexibility index (Phi) is 11.3. The summed E-state index contributed by atoms with van der Waals surface area (Å²) in [5.74, 6) is 0.637. The molecule has 1 aliphatic heterocycles. The molecule has 0 N–H and O–H groups in total. The topological polar surface area (TPSA) is 29.0 Å². The predicted molar refractivity (Wildman–Crippen MR) is 298 cm³/mol. The average Bonchev–Trinajstić information content (AvgIpc) is 3.45. The number of fused-ring (bicyclic) bond motifs is 2. The Morgan fingerprint density at radius 1 is 0.271 bits per heavy atom. The summed E-state index contributed by atoms with van der Waals surface area (Å²) in [4.78, 5) is 13.6. The van der Waals surface area contributed by atoms with Crippen LogP contribution in [0.2, 0.25) is 0 Å². The zero-order valence-corrected chi connectivity index (χ0v) is 40.7. The quantitative estimate of drug-likeness (QED) is 0.0957. The Bertz CT molecular complexity index is 3150. The summed E-state index contributed by atoms with van der Waals surface area (Å²) in [6, 6.07) is 105. The molecule has 0 saturated heterocycles. The van der Waals surface area contributed by atoms with E-state index in [1.807, 2.05) is 0 Å². The number of para-hydroxylation sites is 2. The molecular formula is C65H49N3Si2. The standard InChI is InChI=1S/C65H49N3Si2/c1-7-29-53(30-8-1)69(54-31-9-2-10-32-54,55-33-11-3-12-34-55)59-41-23-27-49(46-59)61-48-62(67-65(66-61)68-63-43-21-19-25-51(63)45-52-26-20-22-44-64(52)68)50-28-24-42-60(47-50)70(56-35-13-4-14-36-56,57-37-15-5-16-38-57)58-39-17-6-18-40-58/h1-44,46-48H,45H2. The number of benzene rings is 10. The third-order valence-corrected chi connectivity index (χ3v) is 23.7. The van der Waals surface area contributed by atoms with E-state index in [2.05, 4.69) is 290 Å². The molecule has 0 unspecified atom stereocenters. The molecule has 0 amide bonds. The Morgan fingerprint density at radius 3 is 0.886 bits per heavy atom. The molecule has 5 heteroatoms. The van der Waals surface area contributed by atoms with Gasteiger partial charge < -0.3 is 0 Å². The maximum Gasteiger partial charge on any atom is 0.235 e. The van der Waals surface area contributed by atoms with Gasteiger partial charge in [0.2, 0.25) is 5.95 Å². The first kappa shape index (κ1) is 42.8. The van der Waals surface area contributed by atoms with Gasteiger partial charge in [-0.05, 0) is 70.8 Å². The normalized spacial score (nSPS) is 12.2. The largest absolute Gasteiger partial charge is 0.279 e. The van der Waals surface area contributed by atoms with Crippen LogP contribution in [0.3, 0.4) is 0 Å². The first-order valence-electron chi connectivity index (χ1n) is 24.1. The van der Waals surface area contributed by atoms with Gasteiger partial charge >= 0.3 is 0 Å². The molecule has 3 nitrogen and oxygen atoms in total. The Hall–Kier alpha value is -8.49. The van der Waals surface area contributed by atoms with Crippen LogP contribution in [-0.2, 0) is 6.42 Å². The molecule has 10 aromatic carbocycles. The smallest absolute Gasteiger partial charge is 0.235 e. The van der Waals surface area contributed by atoms with E-state index in [1.54, 1.807) is 0 Å². The van der Waals surface area contributed by atoms with Crippen LogP contribution in [0.5, 0.6) is 0 Å². The second kappa shape index (κ2) is 18.5. The lowest BCUT2D eigenvalue weighted by Gasteiger charge is -2.35. The fourth-order valence-electron chi connectivity index (χ4n) is 11.1.